The summed E-state index contributed by atoms with van der Waals surface area (Å²) >= 11 is 0. The number of hydrogen-bond acceptors (Lipinski definition) is 7. The largest absolute Gasteiger partial charge is 0.450 e. The number of para-hydroxylation sites is 1. The number of anilines is 2. The maximum Gasteiger partial charge on any atom is 0.291 e. The summed E-state index contributed by atoms with van der Waals surface area (Å²) in [4.78, 5) is 33.1. The standard InChI is InChI=1S/C23H20N4O5S/c1-13-5-4-6-18-19(28)12-20(32-22(13)18)23(29)26-16-7-9-17(10-8-16)33(30,31)27-21-11-14(2)24-15(3)25-21/h4-12H,1-3H3,(H,26,29)(H,24,25,27). The van der Waals surface area contributed by atoms with Gasteiger partial charge in [-0.15, -0.1) is 0 Å². The fourth-order valence-electron chi connectivity index (χ4n) is 3.31. The molecular weight excluding hydrogens is 444 g/mol. The molecule has 0 fully saturated rings. The summed E-state index contributed by atoms with van der Waals surface area (Å²) in [6, 6.07) is 13.4. The van der Waals surface area contributed by atoms with Crippen LogP contribution in [0.25, 0.3) is 11.0 Å². The number of fused-ring (bicyclic) bond motifs is 1. The molecule has 2 aromatic heterocycles. The van der Waals surface area contributed by atoms with E-state index in [0.29, 0.717) is 28.2 Å². The minimum absolute atomic E-state index is 0.0118. The van der Waals surface area contributed by atoms with Crippen LogP contribution in [-0.2, 0) is 10.0 Å². The zero-order valence-corrected chi connectivity index (χ0v) is 18.9. The van der Waals surface area contributed by atoms with Gasteiger partial charge in [0.1, 0.15) is 17.2 Å². The number of amides is 1. The first-order valence-corrected chi connectivity index (χ1v) is 11.4. The van der Waals surface area contributed by atoms with Crippen LogP contribution in [0.3, 0.4) is 0 Å². The van der Waals surface area contributed by atoms with E-state index in [1.807, 2.05) is 0 Å². The maximum atomic E-state index is 12.7. The van der Waals surface area contributed by atoms with E-state index in [1.165, 1.54) is 30.3 Å². The molecule has 0 unspecified atom stereocenters. The predicted molar refractivity (Wildman–Crippen MR) is 124 cm³/mol. The molecule has 0 aliphatic carbocycles. The fourth-order valence-corrected chi connectivity index (χ4v) is 4.30. The SMILES string of the molecule is Cc1cc(NS(=O)(=O)c2ccc(NC(=O)c3cc(=O)c4cccc(C)c4o3)cc2)nc(C)n1. The lowest BCUT2D eigenvalue weighted by Crippen LogP contribution is -2.16. The number of hydrogen-bond donors (Lipinski definition) is 2. The van der Waals surface area contributed by atoms with Crippen LogP contribution < -0.4 is 15.5 Å². The molecule has 0 spiro atoms. The Kier molecular flexibility index (Phi) is 5.69. The number of nitrogens with one attached hydrogen (secondary N) is 2. The fraction of sp³-hybridized carbons (Fsp3) is 0.130. The number of carbonyl (C=O) groups excluding carboxylic acids is 1. The van der Waals surface area contributed by atoms with Crippen LogP contribution in [-0.4, -0.2) is 24.3 Å². The molecular formula is C23H20N4O5S. The van der Waals surface area contributed by atoms with E-state index in [0.717, 1.165) is 11.6 Å². The zero-order valence-electron chi connectivity index (χ0n) is 18.0. The van der Waals surface area contributed by atoms with Crippen molar-refractivity contribution in [3.05, 3.63) is 87.7 Å². The van der Waals surface area contributed by atoms with E-state index in [9.17, 15) is 18.0 Å². The maximum absolute atomic E-state index is 12.7. The second-order valence-electron chi connectivity index (χ2n) is 7.45. The molecule has 1 amide bonds. The van der Waals surface area contributed by atoms with Crippen LogP contribution in [0.4, 0.5) is 11.5 Å². The highest BCUT2D eigenvalue weighted by Crippen LogP contribution is 2.20. The first kappa shape index (κ1) is 22.2. The number of aryl methyl sites for hydroxylation is 3. The Labute approximate surface area is 189 Å². The van der Waals surface area contributed by atoms with Gasteiger partial charge in [-0.2, -0.15) is 0 Å². The summed E-state index contributed by atoms with van der Waals surface area (Å²) in [6.07, 6.45) is 0. The summed E-state index contributed by atoms with van der Waals surface area (Å²) < 4.78 is 33.4. The van der Waals surface area contributed by atoms with Gasteiger partial charge in [-0.05, 0) is 56.7 Å². The number of carbonyl (C=O) groups is 1. The monoisotopic (exact) mass is 464 g/mol. The Morgan fingerprint density at radius 3 is 2.39 bits per heavy atom. The molecule has 2 aromatic carbocycles. The second-order valence-corrected chi connectivity index (χ2v) is 9.13. The lowest BCUT2D eigenvalue weighted by molar-refractivity contribution is 0.0997. The first-order chi connectivity index (χ1) is 15.6. The molecule has 2 N–H and O–H groups in total. The van der Waals surface area contributed by atoms with Gasteiger partial charge in [0, 0.05) is 23.5 Å². The minimum Gasteiger partial charge on any atom is -0.450 e. The van der Waals surface area contributed by atoms with E-state index < -0.39 is 15.9 Å². The Morgan fingerprint density at radius 1 is 0.970 bits per heavy atom. The molecule has 0 aliphatic rings. The summed E-state index contributed by atoms with van der Waals surface area (Å²) in [7, 11) is -3.89. The lowest BCUT2D eigenvalue weighted by atomic mass is 10.1. The van der Waals surface area contributed by atoms with Crippen LogP contribution in [0.5, 0.6) is 0 Å². The molecule has 0 radical (unpaired) electrons. The van der Waals surface area contributed by atoms with Gasteiger partial charge in [0.25, 0.3) is 15.9 Å². The number of rotatable bonds is 5. The second kappa shape index (κ2) is 8.47. The van der Waals surface area contributed by atoms with Crippen molar-refractivity contribution in [2.75, 3.05) is 10.0 Å². The number of nitrogens with zero attached hydrogens (tertiary/aromatic N) is 2. The van der Waals surface area contributed by atoms with Crippen molar-refractivity contribution in [3.8, 4) is 0 Å². The highest BCUT2D eigenvalue weighted by Gasteiger charge is 2.17. The molecule has 10 heteroatoms. The topological polar surface area (TPSA) is 131 Å². The predicted octanol–water partition coefficient (Wildman–Crippen LogP) is 3.56. The van der Waals surface area contributed by atoms with Crippen molar-refractivity contribution >= 4 is 38.4 Å². The van der Waals surface area contributed by atoms with Crippen molar-refractivity contribution in [3.63, 3.8) is 0 Å². The molecule has 2 heterocycles. The van der Waals surface area contributed by atoms with Gasteiger partial charge in [-0.3, -0.25) is 14.3 Å². The number of benzene rings is 2. The summed E-state index contributed by atoms with van der Waals surface area (Å²) in [5, 5.41) is 3.00. The van der Waals surface area contributed by atoms with Crippen LogP contribution in [0, 0.1) is 20.8 Å². The summed E-state index contributed by atoms with van der Waals surface area (Å²) in [5.74, 6) is -0.159. The Morgan fingerprint density at radius 2 is 1.70 bits per heavy atom. The van der Waals surface area contributed by atoms with E-state index in [2.05, 4.69) is 20.0 Å². The Bertz CT molecular complexity index is 1520. The highest BCUT2D eigenvalue weighted by molar-refractivity contribution is 7.92. The van der Waals surface area contributed by atoms with Crippen molar-refractivity contribution in [2.45, 2.75) is 25.7 Å². The molecule has 9 nitrogen and oxygen atoms in total. The van der Waals surface area contributed by atoms with E-state index in [1.54, 1.807) is 39.0 Å². The molecule has 0 bridgehead atoms. The zero-order chi connectivity index (χ0) is 23.8. The van der Waals surface area contributed by atoms with Crippen LogP contribution in [0.15, 0.2) is 68.7 Å². The molecule has 0 aliphatic heterocycles. The minimum atomic E-state index is -3.89. The van der Waals surface area contributed by atoms with Gasteiger partial charge < -0.3 is 9.73 Å². The number of aromatic nitrogens is 2. The summed E-state index contributed by atoms with van der Waals surface area (Å²) in [5.41, 5.74) is 1.72. The molecule has 4 rings (SSSR count). The highest BCUT2D eigenvalue weighted by atomic mass is 32.2. The van der Waals surface area contributed by atoms with Gasteiger partial charge in [-0.25, -0.2) is 18.4 Å². The first-order valence-electron chi connectivity index (χ1n) is 9.92. The summed E-state index contributed by atoms with van der Waals surface area (Å²) in [6.45, 7) is 5.19. The van der Waals surface area contributed by atoms with Crippen LogP contribution in [0.2, 0.25) is 0 Å². The molecule has 33 heavy (non-hydrogen) atoms. The van der Waals surface area contributed by atoms with Crippen LogP contribution in [0.1, 0.15) is 27.6 Å². The van der Waals surface area contributed by atoms with Crippen molar-refractivity contribution in [1.82, 2.24) is 9.97 Å². The normalized spacial score (nSPS) is 11.4. The van der Waals surface area contributed by atoms with Crippen molar-refractivity contribution in [2.24, 2.45) is 0 Å². The van der Waals surface area contributed by atoms with Gasteiger partial charge >= 0.3 is 0 Å². The van der Waals surface area contributed by atoms with Crippen LogP contribution >= 0.6 is 0 Å². The van der Waals surface area contributed by atoms with E-state index in [-0.39, 0.29) is 21.9 Å². The quantitative estimate of drug-likeness (QED) is 0.462. The average molecular weight is 465 g/mol. The van der Waals surface area contributed by atoms with Gasteiger partial charge in [0.2, 0.25) is 0 Å². The van der Waals surface area contributed by atoms with Gasteiger partial charge in [0.15, 0.2) is 11.2 Å². The lowest BCUT2D eigenvalue weighted by Gasteiger charge is -2.10. The molecule has 0 atom stereocenters. The third-order valence-corrected chi connectivity index (χ3v) is 6.17. The number of sulfonamides is 1. The Hall–Kier alpha value is -4.05. The van der Waals surface area contributed by atoms with Gasteiger partial charge in [0.05, 0.1) is 10.3 Å². The van der Waals surface area contributed by atoms with Crippen molar-refractivity contribution < 1.29 is 17.6 Å². The Balaban J connectivity index is 1.54. The van der Waals surface area contributed by atoms with E-state index >= 15 is 0 Å². The molecule has 0 saturated heterocycles. The average Bonchev–Trinajstić information content (AvgIpc) is 2.73. The van der Waals surface area contributed by atoms with Crippen molar-refractivity contribution in [1.29, 1.82) is 0 Å². The molecule has 168 valence electrons. The smallest absolute Gasteiger partial charge is 0.291 e. The molecule has 4 aromatic rings. The van der Waals surface area contributed by atoms with E-state index in [4.69, 9.17) is 4.42 Å². The molecule has 0 saturated carbocycles. The third kappa shape index (κ3) is 4.75. The third-order valence-electron chi connectivity index (χ3n) is 4.80. The van der Waals surface area contributed by atoms with Gasteiger partial charge in [-0.1, -0.05) is 12.1 Å².